The Balaban J connectivity index is 2.14. The summed E-state index contributed by atoms with van der Waals surface area (Å²) in [7, 11) is 0. The van der Waals surface area contributed by atoms with Gasteiger partial charge < -0.3 is 14.7 Å². The fraction of sp³-hybridized carbons (Fsp3) is 0.824. The standard InChI is InChI=1S/C17H29N3O3/c1-12(2)8-15(21)18-6-5-7-20-14(10-18)17(23)19(9-13(3)4)11-16(20)22/h12-14H,5-11H2,1-4H3. The molecule has 6 nitrogen and oxygen atoms in total. The molecule has 0 radical (unpaired) electrons. The number of piperazine rings is 1. The molecule has 1 unspecified atom stereocenters. The van der Waals surface area contributed by atoms with Gasteiger partial charge in [0.2, 0.25) is 17.7 Å². The van der Waals surface area contributed by atoms with E-state index in [-0.39, 0.29) is 24.3 Å². The maximum absolute atomic E-state index is 12.8. The number of rotatable bonds is 4. The molecule has 0 aromatic carbocycles. The van der Waals surface area contributed by atoms with Gasteiger partial charge in [-0.25, -0.2) is 0 Å². The summed E-state index contributed by atoms with van der Waals surface area (Å²) in [4.78, 5) is 42.7. The van der Waals surface area contributed by atoms with Gasteiger partial charge in [0.25, 0.3) is 0 Å². The van der Waals surface area contributed by atoms with E-state index in [0.29, 0.717) is 44.4 Å². The van der Waals surface area contributed by atoms with E-state index in [1.807, 2.05) is 27.7 Å². The number of nitrogens with zero attached hydrogens (tertiary/aromatic N) is 3. The van der Waals surface area contributed by atoms with Crippen LogP contribution in [0.4, 0.5) is 0 Å². The van der Waals surface area contributed by atoms with Crippen LogP contribution in [-0.4, -0.2) is 71.2 Å². The van der Waals surface area contributed by atoms with Crippen LogP contribution in [0.3, 0.4) is 0 Å². The lowest BCUT2D eigenvalue weighted by molar-refractivity contribution is -0.156. The second-order valence-corrected chi connectivity index (χ2v) is 7.51. The fourth-order valence-corrected chi connectivity index (χ4v) is 3.34. The highest BCUT2D eigenvalue weighted by atomic mass is 16.2. The van der Waals surface area contributed by atoms with Gasteiger partial charge in [0.05, 0.1) is 13.1 Å². The molecular weight excluding hydrogens is 294 g/mol. The van der Waals surface area contributed by atoms with Gasteiger partial charge in [0.1, 0.15) is 6.04 Å². The Morgan fingerprint density at radius 1 is 1.13 bits per heavy atom. The summed E-state index contributed by atoms with van der Waals surface area (Å²) >= 11 is 0. The zero-order chi connectivity index (χ0) is 17.1. The van der Waals surface area contributed by atoms with Gasteiger partial charge in [0, 0.05) is 26.1 Å². The number of hydrogen-bond donors (Lipinski definition) is 0. The molecule has 130 valence electrons. The third-order valence-corrected chi connectivity index (χ3v) is 4.36. The van der Waals surface area contributed by atoms with Crippen molar-refractivity contribution in [1.29, 1.82) is 0 Å². The van der Waals surface area contributed by atoms with Crippen LogP contribution in [0, 0.1) is 11.8 Å². The zero-order valence-electron chi connectivity index (χ0n) is 14.7. The van der Waals surface area contributed by atoms with E-state index in [1.54, 1.807) is 14.7 Å². The van der Waals surface area contributed by atoms with E-state index in [9.17, 15) is 14.4 Å². The molecule has 0 aromatic heterocycles. The van der Waals surface area contributed by atoms with Crippen molar-refractivity contribution >= 4 is 17.7 Å². The molecule has 0 bridgehead atoms. The Bertz CT molecular complexity index is 476. The predicted octanol–water partition coefficient (Wildman–Crippen LogP) is 0.960. The van der Waals surface area contributed by atoms with Gasteiger partial charge in [-0.3, -0.25) is 14.4 Å². The minimum absolute atomic E-state index is 0.00779. The molecule has 0 saturated carbocycles. The van der Waals surface area contributed by atoms with Crippen molar-refractivity contribution in [2.45, 2.75) is 46.6 Å². The van der Waals surface area contributed by atoms with Crippen molar-refractivity contribution < 1.29 is 14.4 Å². The van der Waals surface area contributed by atoms with Gasteiger partial charge in [-0.05, 0) is 18.3 Å². The Morgan fingerprint density at radius 2 is 1.83 bits per heavy atom. The first-order valence-corrected chi connectivity index (χ1v) is 8.65. The van der Waals surface area contributed by atoms with Crippen LogP contribution in [0.1, 0.15) is 40.5 Å². The van der Waals surface area contributed by atoms with Crippen LogP contribution in [0.25, 0.3) is 0 Å². The van der Waals surface area contributed by atoms with Gasteiger partial charge in [-0.2, -0.15) is 0 Å². The summed E-state index contributed by atoms with van der Waals surface area (Å²) in [5, 5.41) is 0. The first-order valence-electron chi connectivity index (χ1n) is 8.65. The van der Waals surface area contributed by atoms with Crippen molar-refractivity contribution in [3.05, 3.63) is 0 Å². The van der Waals surface area contributed by atoms with E-state index in [1.165, 1.54) is 0 Å². The molecule has 1 atom stereocenters. The summed E-state index contributed by atoms with van der Waals surface area (Å²) in [6.45, 7) is 10.4. The number of fused-ring (bicyclic) bond motifs is 1. The molecule has 2 heterocycles. The summed E-state index contributed by atoms with van der Waals surface area (Å²) in [6.07, 6.45) is 1.23. The summed E-state index contributed by atoms with van der Waals surface area (Å²) in [5.41, 5.74) is 0. The molecule has 2 saturated heterocycles. The van der Waals surface area contributed by atoms with Crippen molar-refractivity contribution in [2.75, 3.05) is 32.7 Å². The molecule has 6 heteroatoms. The van der Waals surface area contributed by atoms with Gasteiger partial charge >= 0.3 is 0 Å². The van der Waals surface area contributed by atoms with Crippen LogP contribution < -0.4 is 0 Å². The first-order chi connectivity index (χ1) is 10.8. The fourth-order valence-electron chi connectivity index (χ4n) is 3.34. The lowest BCUT2D eigenvalue weighted by Crippen LogP contribution is -2.62. The van der Waals surface area contributed by atoms with Gasteiger partial charge in [-0.1, -0.05) is 27.7 Å². The molecule has 0 aromatic rings. The third kappa shape index (κ3) is 4.24. The van der Waals surface area contributed by atoms with E-state index in [2.05, 4.69) is 0 Å². The predicted molar refractivity (Wildman–Crippen MR) is 87.6 cm³/mol. The third-order valence-electron chi connectivity index (χ3n) is 4.36. The maximum atomic E-state index is 12.8. The Kier molecular flexibility index (Phi) is 5.65. The molecule has 0 spiro atoms. The van der Waals surface area contributed by atoms with Crippen LogP contribution in [0.2, 0.25) is 0 Å². The number of amides is 3. The number of carbonyl (C=O) groups excluding carboxylic acids is 3. The van der Waals surface area contributed by atoms with E-state index >= 15 is 0 Å². The quantitative estimate of drug-likeness (QED) is 0.774. The Morgan fingerprint density at radius 3 is 2.43 bits per heavy atom. The normalized spacial score (nSPS) is 22.7. The molecular formula is C17H29N3O3. The van der Waals surface area contributed by atoms with E-state index in [4.69, 9.17) is 0 Å². The molecule has 2 aliphatic rings. The molecule has 2 fully saturated rings. The van der Waals surface area contributed by atoms with Crippen molar-refractivity contribution in [1.82, 2.24) is 14.7 Å². The van der Waals surface area contributed by atoms with Gasteiger partial charge in [-0.15, -0.1) is 0 Å². The molecule has 3 amide bonds. The first kappa shape index (κ1) is 17.8. The number of carbonyl (C=O) groups is 3. The summed E-state index contributed by atoms with van der Waals surface area (Å²) in [6, 6.07) is -0.506. The van der Waals surface area contributed by atoms with Gasteiger partial charge in [0.15, 0.2) is 0 Å². The van der Waals surface area contributed by atoms with E-state index in [0.717, 1.165) is 6.42 Å². The van der Waals surface area contributed by atoms with E-state index < -0.39 is 6.04 Å². The second-order valence-electron chi connectivity index (χ2n) is 7.51. The summed E-state index contributed by atoms with van der Waals surface area (Å²) in [5.74, 6) is 0.699. The second kappa shape index (κ2) is 7.32. The Labute approximate surface area is 138 Å². The van der Waals surface area contributed by atoms with Crippen molar-refractivity contribution in [3.63, 3.8) is 0 Å². The lowest BCUT2D eigenvalue weighted by Gasteiger charge is -2.40. The highest BCUT2D eigenvalue weighted by Crippen LogP contribution is 2.20. The summed E-state index contributed by atoms with van der Waals surface area (Å²) < 4.78 is 0. The van der Waals surface area contributed by atoms with Crippen molar-refractivity contribution in [3.8, 4) is 0 Å². The average Bonchev–Trinajstić information content (AvgIpc) is 2.66. The van der Waals surface area contributed by atoms with Crippen LogP contribution in [-0.2, 0) is 14.4 Å². The average molecular weight is 323 g/mol. The zero-order valence-corrected chi connectivity index (χ0v) is 14.7. The number of hydrogen-bond acceptors (Lipinski definition) is 3. The van der Waals surface area contributed by atoms with Crippen LogP contribution >= 0.6 is 0 Å². The Hall–Kier alpha value is -1.59. The lowest BCUT2D eigenvalue weighted by atomic mass is 10.1. The highest BCUT2D eigenvalue weighted by Gasteiger charge is 2.41. The molecule has 23 heavy (non-hydrogen) atoms. The molecule has 2 aliphatic heterocycles. The SMILES string of the molecule is CC(C)CC(=O)N1CCCN2C(=O)CN(CC(C)C)C(=O)C2C1. The molecule has 2 rings (SSSR count). The minimum Gasteiger partial charge on any atom is -0.340 e. The largest absolute Gasteiger partial charge is 0.340 e. The highest BCUT2D eigenvalue weighted by molar-refractivity contribution is 5.95. The smallest absolute Gasteiger partial charge is 0.247 e. The minimum atomic E-state index is -0.506. The van der Waals surface area contributed by atoms with Crippen molar-refractivity contribution in [2.24, 2.45) is 11.8 Å². The topological polar surface area (TPSA) is 60.9 Å². The van der Waals surface area contributed by atoms with Crippen LogP contribution in [0.15, 0.2) is 0 Å². The molecule has 0 N–H and O–H groups in total. The monoisotopic (exact) mass is 323 g/mol. The maximum Gasteiger partial charge on any atom is 0.247 e. The molecule has 0 aliphatic carbocycles. The van der Waals surface area contributed by atoms with Crippen LogP contribution in [0.5, 0.6) is 0 Å².